The first-order chi connectivity index (χ1) is 8.43. The second kappa shape index (κ2) is 4.74. The van der Waals surface area contributed by atoms with Crippen molar-refractivity contribution >= 4 is 15.7 Å². The molecule has 0 fully saturated rings. The third kappa shape index (κ3) is 2.28. The second-order valence-corrected chi connectivity index (χ2v) is 6.51. The minimum absolute atomic E-state index is 0.329. The monoisotopic (exact) mass is 266 g/mol. The fourth-order valence-corrected chi connectivity index (χ4v) is 3.84. The summed E-state index contributed by atoms with van der Waals surface area (Å²) in [5.74, 6) is 0. The number of nitrogens with two attached hydrogens (primary N) is 1. The molecular weight excluding hydrogens is 248 g/mol. The molecule has 0 saturated carbocycles. The first-order valence-corrected chi connectivity index (χ1v) is 7.39. The molecule has 18 heavy (non-hydrogen) atoms. The predicted molar refractivity (Wildman–Crippen MR) is 72.8 cm³/mol. The van der Waals surface area contributed by atoms with Crippen LogP contribution in [0.2, 0.25) is 0 Å². The molecule has 0 spiro atoms. The summed E-state index contributed by atoms with van der Waals surface area (Å²) < 4.78 is 26.6. The topological polar surface area (TPSA) is 63.4 Å². The van der Waals surface area contributed by atoms with Crippen molar-refractivity contribution in [3.63, 3.8) is 0 Å². The Morgan fingerprint density at radius 2 is 1.94 bits per heavy atom. The zero-order chi connectivity index (χ0) is 13.3. The molecule has 0 aromatic heterocycles. The van der Waals surface area contributed by atoms with Gasteiger partial charge in [-0.1, -0.05) is 12.2 Å². The lowest BCUT2D eigenvalue weighted by Crippen LogP contribution is -2.34. The van der Waals surface area contributed by atoms with Crippen molar-refractivity contribution in [1.29, 1.82) is 0 Å². The first-order valence-electron chi connectivity index (χ1n) is 5.95. The van der Waals surface area contributed by atoms with Crippen LogP contribution in [0.4, 0.5) is 5.69 Å². The summed E-state index contributed by atoms with van der Waals surface area (Å²) in [6, 6.07) is 3.49. The number of anilines is 1. The molecule has 4 nitrogen and oxygen atoms in total. The summed E-state index contributed by atoms with van der Waals surface area (Å²) in [6.07, 6.45) is 4.65. The van der Waals surface area contributed by atoms with Crippen LogP contribution in [0.5, 0.6) is 0 Å². The Bertz CT molecular complexity index is 591. The van der Waals surface area contributed by atoms with Crippen LogP contribution in [0.15, 0.2) is 29.2 Å². The number of sulfonamides is 1. The van der Waals surface area contributed by atoms with Gasteiger partial charge in [-0.25, -0.2) is 8.42 Å². The zero-order valence-corrected chi connectivity index (χ0v) is 11.5. The van der Waals surface area contributed by atoms with Gasteiger partial charge in [-0.15, -0.1) is 0 Å². The van der Waals surface area contributed by atoms with Gasteiger partial charge in [0.25, 0.3) is 0 Å². The van der Waals surface area contributed by atoms with E-state index >= 15 is 0 Å². The van der Waals surface area contributed by atoms with E-state index in [0.717, 1.165) is 12.0 Å². The second-order valence-electron chi connectivity index (χ2n) is 4.60. The van der Waals surface area contributed by atoms with Crippen LogP contribution in [-0.4, -0.2) is 25.8 Å². The highest BCUT2D eigenvalue weighted by molar-refractivity contribution is 7.89. The molecule has 1 aliphatic heterocycles. The molecule has 1 heterocycles. The maximum atomic E-state index is 12.5. The summed E-state index contributed by atoms with van der Waals surface area (Å²) in [7, 11) is -3.44. The first kappa shape index (κ1) is 13.1. The number of benzene rings is 1. The number of nitrogen functional groups attached to an aromatic ring is 1. The van der Waals surface area contributed by atoms with E-state index < -0.39 is 10.0 Å². The lowest BCUT2D eigenvalue weighted by Gasteiger charge is -2.24. The van der Waals surface area contributed by atoms with E-state index in [1.165, 1.54) is 4.31 Å². The molecule has 0 saturated heterocycles. The lowest BCUT2D eigenvalue weighted by atomic mass is 10.1. The van der Waals surface area contributed by atoms with Crippen LogP contribution in [-0.2, 0) is 10.0 Å². The standard InChI is InChI=1S/C13H18N2O2S/c1-10-8-12(14)11(2)13(9-10)18(16,17)15-6-4-3-5-7-15/h3-4,8-9H,5-7,14H2,1-2H3. The molecule has 1 aromatic rings. The van der Waals surface area contributed by atoms with Gasteiger partial charge in [0.1, 0.15) is 0 Å². The van der Waals surface area contributed by atoms with E-state index in [4.69, 9.17) is 5.73 Å². The van der Waals surface area contributed by atoms with E-state index in [1.807, 2.05) is 19.1 Å². The third-order valence-electron chi connectivity index (χ3n) is 3.18. The Kier molecular flexibility index (Phi) is 3.45. The normalized spacial score (nSPS) is 17.0. The average molecular weight is 266 g/mol. The van der Waals surface area contributed by atoms with Gasteiger partial charge < -0.3 is 5.73 Å². The molecule has 0 aliphatic carbocycles. The Morgan fingerprint density at radius 3 is 2.56 bits per heavy atom. The quantitative estimate of drug-likeness (QED) is 0.656. The van der Waals surface area contributed by atoms with E-state index in [1.54, 1.807) is 19.1 Å². The number of nitrogens with zero attached hydrogens (tertiary/aromatic N) is 1. The van der Waals surface area contributed by atoms with Gasteiger partial charge in [0.05, 0.1) is 4.90 Å². The number of aryl methyl sites for hydroxylation is 1. The van der Waals surface area contributed by atoms with Crippen molar-refractivity contribution in [3.8, 4) is 0 Å². The molecule has 0 bridgehead atoms. The summed E-state index contributed by atoms with van der Waals surface area (Å²) in [5, 5.41) is 0. The number of hydrogen-bond acceptors (Lipinski definition) is 3. The van der Waals surface area contributed by atoms with Gasteiger partial charge in [-0.2, -0.15) is 4.31 Å². The van der Waals surface area contributed by atoms with Gasteiger partial charge in [-0.3, -0.25) is 0 Å². The van der Waals surface area contributed by atoms with E-state index in [-0.39, 0.29) is 0 Å². The highest BCUT2D eigenvalue weighted by Crippen LogP contribution is 2.26. The SMILES string of the molecule is Cc1cc(N)c(C)c(S(=O)(=O)N2CC=CCC2)c1. The smallest absolute Gasteiger partial charge is 0.243 e. The molecule has 0 unspecified atom stereocenters. The maximum Gasteiger partial charge on any atom is 0.243 e. The van der Waals surface area contributed by atoms with Gasteiger partial charge in [0.15, 0.2) is 0 Å². The highest BCUT2D eigenvalue weighted by Gasteiger charge is 2.26. The highest BCUT2D eigenvalue weighted by atomic mass is 32.2. The van der Waals surface area contributed by atoms with Gasteiger partial charge in [0.2, 0.25) is 10.0 Å². The molecule has 0 radical (unpaired) electrons. The fraction of sp³-hybridized carbons (Fsp3) is 0.385. The Hall–Kier alpha value is -1.33. The fourth-order valence-electron chi connectivity index (χ4n) is 2.10. The summed E-state index contributed by atoms with van der Waals surface area (Å²) in [5.41, 5.74) is 7.88. The van der Waals surface area contributed by atoms with Crippen LogP contribution in [0.25, 0.3) is 0 Å². The van der Waals surface area contributed by atoms with Crippen LogP contribution < -0.4 is 5.73 Å². The lowest BCUT2D eigenvalue weighted by molar-refractivity contribution is 0.437. The van der Waals surface area contributed by atoms with Crippen LogP contribution in [0, 0.1) is 13.8 Å². The van der Waals surface area contributed by atoms with E-state index in [2.05, 4.69) is 0 Å². The van der Waals surface area contributed by atoms with Gasteiger partial charge in [0, 0.05) is 18.8 Å². The average Bonchev–Trinajstić information content (AvgIpc) is 2.34. The van der Waals surface area contributed by atoms with Gasteiger partial charge in [-0.05, 0) is 43.5 Å². The Labute approximate surface area is 108 Å². The zero-order valence-electron chi connectivity index (χ0n) is 10.7. The van der Waals surface area contributed by atoms with Crippen LogP contribution in [0.3, 0.4) is 0 Å². The molecule has 98 valence electrons. The summed E-state index contributed by atoms with van der Waals surface area (Å²) >= 11 is 0. The van der Waals surface area contributed by atoms with Crippen molar-refractivity contribution in [2.45, 2.75) is 25.2 Å². The molecule has 2 N–H and O–H groups in total. The summed E-state index contributed by atoms with van der Waals surface area (Å²) in [4.78, 5) is 0.329. The van der Waals surface area contributed by atoms with Crippen LogP contribution >= 0.6 is 0 Å². The predicted octanol–water partition coefficient (Wildman–Crippen LogP) is 1.84. The molecule has 1 aliphatic rings. The summed E-state index contributed by atoms with van der Waals surface area (Å²) in [6.45, 7) is 4.58. The van der Waals surface area contributed by atoms with Crippen LogP contribution in [0.1, 0.15) is 17.5 Å². The number of rotatable bonds is 2. The molecule has 2 rings (SSSR count). The molecule has 0 atom stereocenters. The molecular formula is C13H18N2O2S. The van der Waals surface area contributed by atoms with E-state index in [9.17, 15) is 8.42 Å². The van der Waals surface area contributed by atoms with Crippen molar-refractivity contribution in [3.05, 3.63) is 35.4 Å². The number of hydrogen-bond donors (Lipinski definition) is 1. The molecule has 1 aromatic carbocycles. The minimum atomic E-state index is -3.44. The molecule has 5 heteroatoms. The van der Waals surface area contributed by atoms with Gasteiger partial charge >= 0.3 is 0 Å². The molecule has 0 amide bonds. The van der Waals surface area contributed by atoms with Crippen molar-refractivity contribution in [2.75, 3.05) is 18.8 Å². The minimum Gasteiger partial charge on any atom is -0.398 e. The third-order valence-corrected chi connectivity index (χ3v) is 5.17. The van der Waals surface area contributed by atoms with E-state index in [0.29, 0.717) is 29.2 Å². The Morgan fingerprint density at radius 1 is 1.22 bits per heavy atom. The Balaban J connectivity index is 2.50. The largest absolute Gasteiger partial charge is 0.398 e. The van der Waals surface area contributed by atoms with Crippen molar-refractivity contribution < 1.29 is 8.42 Å². The van der Waals surface area contributed by atoms with Crippen molar-refractivity contribution in [1.82, 2.24) is 4.31 Å². The van der Waals surface area contributed by atoms with Crippen molar-refractivity contribution in [2.24, 2.45) is 0 Å². The maximum absolute atomic E-state index is 12.5.